The predicted molar refractivity (Wildman–Crippen MR) is 113 cm³/mol. The van der Waals surface area contributed by atoms with Crippen LogP contribution in [0.5, 0.6) is 0 Å². The van der Waals surface area contributed by atoms with Crippen LogP contribution in [0.4, 0.5) is 4.39 Å². The molecule has 0 aliphatic heterocycles. The Hall–Kier alpha value is -0.930. The van der Waals surface area contributed by atoms with Gasteiger partial charge < -0.3 is 19.9 Å². The van der Waals surface area contributed by atoms with Crippen molar-refractivity contribution in [1.29, 1.82) is 0 Å². The summed E-state index contributed by atoms with van der Waals surface area (Å²) in [5, 5.41) is 3.30. The molecule has 0 saturated carbocycles. The minimum Gasteiger partial charge on any atom is -0.383 e. The zero-order valence-electron chi connectivity index (χ0n) is 15.8. The van der Waals surface area contributed by atoms with Gasteiger partial charge in [0.25, 0.3) is 0 Å². The second-order valence-corrected chi connectivity index (χ2v) is 5.87. The fourth-order valence-electron chi connectivity index (χ4n) is 2.29. The Kier molecular flexibility index (Phi) is 13.7. The average Bonchev–Trinajstić information content (AvgIpc) is 2.57. The summed E-state index contributed by atoms with van der Waals surface area (Å²) >= 11 is 0. The van der Waals surface area contributed by atoms with Gasteiger partial charge in [-0.3, -0.25) is 4.99 Å². The van der Waals surface area contributed by atoms with E-state index in [4.69, 9.17) is 4.74 Å². The largest absolute Gasteiger partial charge is 0.383 e. The van der Waals surface area contributed by atoms with Crippen molar-refractivity contribution in [1.82, 2.24) is 15.1 Å². The second kappa shape index (κ2) is 14.3. The number of methoxy groups -OCH3 is 1. The molecule has 1 aromatic rings. The fourth-order valence-corrected chi connectivity index (χ4v) is 2.29. The Bertz CT molecular complexity index is 484. The first-order valence-corrected chi connectivity index (χ1v) is 8.48. The maximum atomic E-state index is 13.0. The van der Waals surface area contributed by atoms with Crippen molar-refractivity contribution in [3.63, 3.8) is 0 Å². The van der Waals surface area contributed by atoms with Gasteiger partial charge in [0.2, 0.25) is 0 Å². The highest BCUT2D eigenvalue weighted by Crippen LogP contribution is 2.06. The van der Waals surface area contributed by atoms with E-state index in [2.05, 4.69) is 34.1 Å². The molecule has 0 aromatic heterocycles. The standard InChI is InChI=1S/C18H31FN4O.HI/c1-5-20-18(21-11-6-12-22(2)13-14-24-4)23(3)15-16-7-9-17(19)10-8-16;/h7-10H,5-6,11-15H2,1-4H3,(H,20,21);1H. The molecule has 1 rings (SSSR count). The van der Waals surface area contributed by atoms with Crippen LogP contribution >= 0.6 is 24.0 Å². The van der Waals surface area contributed by atoms with E-state index in [1.807, 2.05) is 7.05 Å². The molecular formula is C18H32FIN4O. The first kappa shape index (κ1) is 24.1. The molecule has 1 N–H and O–H groups in total. The van der Waals surface area contributed by atoms with Gasteiger partial charge in [0.1, 0.15) is 5.82 Å². The van der Waals surface area contributed by atoms with Crippen molar-refractivity contribution in [2.45, 2.75) is 19.9 Å². The number of benzene rings is 1. The SMILES string of the molecule is CCNC(=NCCCN(C)CCOC)N(C)Cc1ccc(F)cc1.I. The van der Waals surface area contributed by atoms with Gasteiger partial charge in [0.05, 0.1) is 6.61 Å². The summed E-state index contributed by atoms with van der Waals surface area (Å²) in [6, 6.07) is 6.59. The summed E-state index contributed by atoms with van der Waals surface area (Å²) < 4.78 is 18.1. The zero-order valence-corrected chi connectivity index (χ0v) is 18.1. The molecule has 0 heterocycles. The Morgan fingerprint density at radius 2 is 1.88 bits per heavy atom. The summed E-state index contributed by atoms with van der Waals surface area (Å²) in [6.07, 6.45) is 1.000. The second-order valence-electron chi connectivity index (χ2n) is 5.87. The zero-order chi connectivity index (χ0) is 17.8. The van der Waals surface area contributed by atoms with Crippen molar-refractivity contribution in [3.05, 3.63) is 35.6 Å². The Balaban J connectivity index is 0.00000576. The third kappa shape index (κ3) is 10.6. The van der Waals surface area contributed by atoms with Crippen LogP contribution in [0.3, 0.4) is 0 Å². The van der Waals surface area contributed by atoms with E-state index in [-0.39, 0.29) is 29.8 Å². The highest BCUT2D eigenvalue weighted by molar-refractivity contribution is 14.0. The smallest absolute Gasteiger partial charge is 0.193 e. The van der Waals surface area contributed by atoms with Crippen molar-refractivity contribution in [2.24, 2.45) is 4.99 Å². The van der Waals surface area contributed by atoms with Gasteiger partial charge >= 0.3 is 0 Å². The lowest BCUT2D eigenvalue weighted by Crippen LogP contribution is -2.38. The van der Waals surface area contributed by atoms with Crippen molar-refractivity contribution in [3.8, 4) is 0 Å². The van der Waals surface area contributed by atoms with Gasteiger partial charge in [0.15, 0.2) is 5.96 Å². The molecule has 7 heteroatoms. The molecule has 0 bridgehead atoms. The van der Waals surface area contributed by atoms with E-state index in [9.17, 15) is 4.39 Å². The minimum atomic E-state index is -0.209. The van der Waals surface area contributed by atoms with Gasteiger partial charge in [0, 0.05) is 40.3 Å². The number of aliphatic imine (C=N–C) groups is 1. The minimum absolute atomic E-state index is 0. The molecule has 0 unspecified atom stereocenters. The van der Waals surface area contributed by atoms with Gasteiger partial charge in [-0.25, -0.2) is 4.39 Å². The molecule has 0 spiro atoms. The summed E-state index contributed by atoms with van der Waals surface area (Å²) in [7, 11) is 5.81. The lowest BCUT2D eigenvalue weighted by molar-refractivity contribution is 0.161. The first-order valence-electron chi connectivity index (χ1n) is 8.48. The van der Waals surface area contributed by atoms with E-state index < -0.39 is 0 Å². The van der Waals surface area contributed by atoms with Gasteiger partial charge in [-0.05, 0) is 44.6 Å². The highest BCUT2D eigenvalue weighted by atomic mass is 127. The summed E-state index contributed by atoms with van der Waals surface area (Å²) in [6.45, 7) is 7.02. The lowest BCUT2D eigenvalue weighted by atomic mass is 10.2. The number of likely N-dealkylation sites (N-methyl/N-ethyl adjacent to an activating group) is 1. The van der Waals surface area contributed by atoms with Crippen LogP contribution in [0.1, 0.15) is 18.9 Å². The average molecular weight is 466 g/mol. The highest BCUT2D eigenvalue weighted by Gasteiger charge is 2.06. The van der Waals surface area contributed by atoms with E-state index in [1.165, 1.54) is 12.1 Å². The molecule has 0 fully saturated rings. The number of guanidine groups is 1. The number of rotatable bonds is 10. The maximum Gasteiger partial charge on any atom is 0.193 e. The van der Waals surface area contributed by atoms with Crippen LogP contribution in [0.2, 0.25) is 0 Å². The molecule has 0 atom stereocenters. The Morgan fingerprint density at radius 3 is 2.48 bits per heavy atom. The Morgan fingerprint density at radius 1 is 1.20 bits per heavy atom. The fraction of sp³-hybridized carbons (Fsp3) is 0.611. The topological polar surface area (TPSA) is 40.1 Å². The quantitative estimate of drug-likeness (QED) is 0.249. The van der Waals surface area contributed by atoms with Gasteiger partial charge in [-0.1, -0.05) is 12.1 Å². The molecule has 1 aromatic carbocycles. The monoisotopic (exact) mass is 466 g/mol. The summed E-state index contributed by atoms with van der Waals surface area (Å²) in [5.74, 6) is 0.668. The summed E-state index contributed by atoms with van der Waals surface area (Å²) in [5.41, 5.74) is 1.06. The number of halogens is 2. The third-order valence-corrected chi connectivity index (χ3v) is 3.67. The van der Waals surface area contributed by atoms with Crippen LogP contribution in [-0.4, -0.2) is 69.8 Å². The van der Waals surface area contributed by atoms with Crippen LogP contribution in [-0.2, 0) is 11.3 Å². The molecule has 5 nitrogen and oxygen atoms in total. The van der Waals surface area contributed by atoms with Crippen LogP contribution in [0.15, 0.2) is 29.3 Å². The number of hydrogen-bond donors (Lipinski definition) is 1. The van der Waals surface area contributed by atoms with Crippen molar-refractivity contribution in [2.75, 3.05) is 54.0 Å². The van der Waals surface area contributed by atoms with Gasteiger partial charge in [-0.2, -0.15) is 0 Å². The molecule has 144 valence electrons. The first-order chi connectivity index (χ1) is 11.6. The molecule has 0 aliphatic rings. The van der Waals surface area contributed by atoms with Crippen LogP contribution in [0, 0.1) is 5.82 Å². The summed E-state index contributed by atoms with van der Waals surface area (Å²) in [4.78, 5) is 8.98. The number of nitrogens with zero attached hydrogens (tertiary/aromatic N) is 3. The van der Waals surface area contributed by atoms with Crippen LogP contribution in [0.25, 0.3) is 0 Å². The molecular weight excluding hydrogens is 434 g/mol. The van der Waals surface area contributed by atoms with E-state index >= 15 is 0 Å². The molecule has 0 saturated heterocycles. The normalized spacial score (nSPS) is 11.4. The lowest BCUT2D eigenvalue weighted by Gasteiger charge is -2.22. The molecule has 25 heavy (non-hydrogen) atoms. The number of nitrogens with one attached hydrogen (secondary N) is 1. The van der Waals surface area contributed by atoms with E-state index in [0.29, 0.717) is 6.54 Å². The van der Waals surface area contributed by atoms with Crippen molar-refractivity contribution >= 4 is 29.9 Å². The Labute approximate surface area is 168 Å². The van der Waals surface area contributed by atoms with Gasteiger partial charge in [-0.15, -0.1) is 24.0 Å². The third-order valence-electron chi connectivity index (χ3n) is 3.67. The number of ether oxygens (including phenoxy) is 1. The van der Waals surface area contributed by atoms with Crippen LogP contribution < -0.4 is 5.32 Å². The van der Waals surface area contributed by atoms with E-state index in [0.717, 1.165) is 50.7 Å². The van der Waals surface area contributed by atoms with E-state index in [1.54, 1.807) is 19.2 Å². The molecule has 0 aliphatic carbocycles. The maximum absolute atomic E-state index is 13.0. The molecule has 0 amide bonds. The number of hydrogen-bond acceptors (Lipinski definition) is 3. The molecule has 0 radical (unpaired) electrons. The predicted octanol–water partition coefficient (Wildman–Crippen LogP) is 2.81. The van der Waals surface area contributed by atoms with Crippen molar-refractivity contribution < 1.29 is 9.13 Å².